The maximum absolute atomic E-state index is 11.5. The van der Waals surface area contributed by atoms with Crippen molar-refractivity contribution in [2.45, 2.75) is 6.54 Å². The maximum Gasteiger partial charge on any atom is 0.188 e. The summed E-state index contributed by atoms with van der Waals surface area (Å²) < 4.78 is 2.15. The Morgan fingerprint density at radius 3 is 2.60 bits per heavy atom. The molecule has 0 fully saturated rings. The first-order valence-corrected chi connectivity index (χ1v) is 6.55. The van der Waals surface area contributed by atoms with Crippen molar-refractivity contribution in [3.63, 3.8) is 0 Å². The summed E-state index contributed by atoms with van der Waals surface area (Å²) in [7, 11) is 0. The van der Waals surface area contributed by atoms with Crippen molar-refractivity contribution in [3.8, 4) is 0 Å². The lowest BCUT2D eigenvalue weighted by molar-refractivity contribution is 0.0904. The van der Waals surface area contributed by atoms with E-state index >= 15 is 0 Å². The van der Waals surface area contributed by atoms with Gasteiger partial charge in [0.15, 0.2) is 5.78 Å². The van der Waals surface area contributed by atoms with Gasteiger partial charge in [0.1, 0.15) is 6.61 Å². The molecule has 0 bridgehead atoms. The number of ketones is 1. The Morgan fingerprint density at radius 1 is 1.05 bits per heavy atom. The van der Waals surface area contributed by atoms with Crippen molar-refractivity contribution in [2.75, 3.05) is 6.61 Å². The van der Waals surface area contributed by atoms with E-state index in [1.54, 1.807) is 6.07 Å². The quantitative estimate of drug-likeness (QED) is 0.737. The van der Waals surface area contributed by atoms with E-state index in [0.29, 0.717) is 5.56 Å². The van der Waals surface area contributed by atoms with Gasteiger partial charge in [0.2, 0.25) is 0 Å². The number of carbonyl (C=O) groups excluding carboxylic acids is 1. The molecule has 0 aliphatic carbocycles. The first kappa shape index (κ1) is 12.6. The van der Waals surface area contributed by atoms with Crippen LogP contribution in [0.4, 0.5) is 0 Å². The predicted octanol–water partition coefficient (Wildman–Crippen LogP) is 2.86. The van der Waals surface area contributed by atoms with E-state index in [1.807, 2.05) is 42.6 Å². The molecule has 3 nitrogen and oxygen atoms in total. The molecular weight excluding hydrogens is 250 g/mol. The second-order valence-corrected chi connectivity index (χ2v) is 4.78. The fourth-order valence-corrected chi connectivity index (χ4v) is 2.38. The topological polar surface area (TPSA) is 42.2 Å². The zero-order chi connectivity index (χ0) is 13.9. The molecule has 0 atom stereocenters. The van der Waals surface area contributed by atoms with Crippen molar-refractivity contribution >= 4 is 16.7 Å². The Kier molecular flexibility index (Phi) is 3.35. The van der Waals surface area contributed by atoms with Gasteiger partial charge in [-0.15, -0.1) is 0 Å². The maximum atomic E-state index is 11.5. The minimum absolute atomic E-state index is 0.247. The predicted molar refractivity (Wildman–Crippen MR) is 78.9 cm³/mol. The molecule has 20 heavy (non-hydrogen) atoms. The van der Waals surface area contributed by atoms with Gasteiger partial charge in [-0.2, -0.15) is 0 Å². The van der Waals surface area contributed by atoms with Crippen molar-refractivity contribution in [1.82, 2.24) is 4.57 Å². The smallest absolute Gasteiger partial charge is 0.188 e. The third-order valence-electron chi connectivity index (χ3n) is 3.43. The van der Waals surface area contributed by atoms with Crippen LogP contribution < -0.4 is 0 Å². The molecule has 0 amide bonds. The molecule has 1 heterocycles. The summed E-state index contributed by atoms with van der Waals surface area (Å²) in [5.41, 5.74) is 2.88. The third kappa shape index (κ3) is 2.36. The number of fused-ring (bicyclic) bond motifs is 1. The molecule has 3 aromatic rings. The van der Waals surface area contributed by atoms with Crippen LogP contribution in [-0.4, -0.2) is 22.1 Å². The van der Waals surface area contributed by atoms with Gasteiger partial charge in [-0.1, -0.05) is 30.3 Å². The van der Waals surface area contributed by atoms with Crippen LogP contribution >= 0.6 is 0 Å². The third-order valence-corrected chi connectivity index (χ3v) is 3.43. The molecule has 0 aliphatic rings. The summed E-state index contributed by atoms with van der Waals surface area (Å²) in [4.78, 5) is 11.5. The first-order chi connectivity index (χ1) is 9.78. The van der Waals surface area contributed by atoms with Crippen LogP contribution in [0.3, 0.4) is 0 Å². The van der Waals surface area contributed by atoms with Crippen molar-refractivity contribution in [2.24, 2.45) is 0 Å². The van der Waals surface area contributed by atoms with E-state index in [4.69, 9.17) is 5.11 Å². The number of carbonyl (C=O) groups is 1. The van der Waals surface area contributed by atoms with Crippen LogP contribution in [-0.2, 0) is 6.54 Å². The number of hydrogen-bond acceptors (Lipinski definition) is 2. The van der Waals surface area contributed by atoms with Crippen LogP contribution in [0.15, 0.2) is 60.8 Å². The highest BCUT2D eigenvalue weighted by Crippen LogP contribution is 2.19. The standard InChI is InChI=1S/C17H15NO2/c19-12-17(20)15-6-7-16-14(10-15)8-9-18(16)11-13-4-2-1-3-5-13/h1-10,19H,11-12H2. The second-order valence-electron chi connectivity index (χ2n) is 4.78. The lowest BCUT2D eigenvalue weighted by Gasteiger charge is -2.06. The van der Waals surface area contributed by atoms with Gasteiger partial charge in [-0.3, -0.25) is 4.79 Å². The highest BCUT2D eigenvalue weighted by Gasteiger charge is 2.07. The second kappa shape index (κ2) is 5.31. The molecule has 0 aliphatic heterocycles. The number of hydrogen-bond donors (Lipinski definition) is 1. The average molecular weight is 265 g/mol. The van der Waals surface area contributed by atoms with E-state index in [9.17, 15) is 4.79 Å². The summed E-state index contributed by atoms with van der Waals surface area (Å²) in [6, 6.07) is 17.8. The summed E-state index contributed by atoms with van der Waals surface area (Å²) in [6.45, 7) is 0.355. The lowest BCUT2D eigenvalue weighted by Crippen LogP contribution is -2.04. The molecule has 0 saturated carbocycles. The Morgan fingerprint density at radius 2 is 1.85 bits per heavy atom. The van der Waals surface area contributed by atoms with Crippen molar-refractivity contribution in [3.05, 3.63) is 71.9 Å². The molecule has 2 aromatic carbocycles. The monoisotopic (exact) mass is 265 g/mol. The van der Waals surface area contributed by atoms with Crippen molar-refractivity contribution < 1.29 is 9.90 Å². The number of rotatable bonds is 4. The SMILES string of the molecule is O=C(CO)c1ccc2c(ccn2Cc2ccccc2)c1. The van der Waals surface area contributed by atoms with Crippen LogP contribution in [0.2, 0.25) is 0 Å². The number of aromatic nitrogens is 1. The summed E-state index contributed by atoms with van der Waals surface area (Å²) in [5, 5.41) is 9.92. The van der Waals surface area contributed by atoms with E-state index < -0.39 is 6.61 Å². The van der Waals surface area contributed by atoms with E-state index in [1.165, 1.54) is 5.56 Å². The first-order valence-electron chi connectivity index (χ1n) is 6.55. The average Bonchev–Trinajstić information content (AvgIpc) is 2.90. The van der Waals surface area contributed by atoms with E-state index in [-0.39, 0.29) is 5.78 Å². The fraction of sp³-hybridized carbons (Fsp3) is 0.118. The van der Waals surface area contributed by atoms with E-state index in [0.717, 1.165) is 17.4 Å². The normalized spacial score (nSPS) is 10.8. The van der Waals surface area contributed by atoms with E-state index in [2.05, 4.69) is 16.7 Å². The molecule has 0 saturated heterocycles. The lowest BCUT2D eigenvalue weighted by atomic mass is 10.1. The Bertz CT molecular complexity index is 744. The largest absolute Gasteiger partial charge is 0.388 e. The Balaban J connectivity index is 1.96. The molecule has 0 unspecified atom stereocenters. The molecule has 3 heteroatoms. The van der Waals surface area contributed by atoms with Gasteiger partial charge in [-0.05, 0) is 29.8 Å². The molecule has 0 radical (unpaired) electrons. The number of benzene rings is 2. The minimum atomic E-state index is -0.448. The molecular formula is C17H15NO2. The fourth-order valence-electron chi connectivity index (χ4n) is 2.38. The Labute approximate surface area is 117 Å². The van der Waals surface area contributed by atoms with Gasteiger partial charge in [0.05, 0.1) is 0 Å². The summed E-state index contributed by atoms with van der Waals surface area (Å²) in [6.07, 6.45) is 2.02. The van der Waals surface area contributed by atoms with Crippen LogP contribution in [0.25, 0.3) is 10.9 Å². The minimum Gasteiger partial charge on any atom is -0.388 e. The van der Waals surface area contributed by atoms with Gasteiger partial charge >= 0.3 is 0 Å². The number of aliphatic hydroxyl groups is 1. The zero-order valence-electron chi connectivity index (χ0n) is 11.0. The van der Waals surface area contributed by atoms with Crippen LogP contribution in [0.5, 0.6) is 0 Å². The highest BCUT2D eigenvalue weighted by atomic mass is 16.3. The number of Topliss-reactive ketones (excluding diaryl/α,β-unsaturated/α-hetero) is 1. The highest BCUT2D eigenvalue weighted by molar-refractivity contribution is 6.00. The van der Waals surface area contributed by atoms with Gasteiger partial charge in [0.25, 0.3) is 0 Å². The zero-order valence-corrected chi connectivity index (χ0v) is 11.0. The van der Waals surface area contributed by atoms with Gasteiger partial charge < -0.3 is 9.67 Å². The molecule has 0 spiro atoms. The number of nitrogens with zero attached hydrogens (tertiary/aromatic N) is 1. The molecule has 1 N–H and O–H groups in total. The van der Waals surface area contributed by atoms with Crippen LogP contribution in [0.1, 0.15) is 15.9 Å². The van der Waals surface area contributed by atoms with Crippen molar-refractivity contribution in [1.29, 1.82) is 0 Å². The molecule has 1 aromatic heterocycles. The summed E-state index contributed by atoms with van der Waals surface area (Å²) >= 11 is 0. The van der Waals surface area contributed by atoms with Gasteiger partial charge in [0, 0.05) is 29.2 Å². The molecule has 3 rings (SSSR count). The number of aliphatic hydroxyl groups excluding tert-OH is 1. The van der Waals surface area contributed by atoms with Gasteiger partial charge in [-0.25, -0.2) is 0 Å². The van der Waals surface area contributed by atoms with Crippen LogP contribution in [0, 0.1) is 0 Å². The molecule has 100 valence electrons. The summed E-state index contributed by atoms with van der Waals surface area (Å²) in [5.74, 6) is -0.247. The Hall–Kier alpha value is -2.39.